The van der Waals surface area contributed by atoms with Crippen molar-refractivity contribution in [3.05, 3.63) is 71.8 Å². The van der Waals surface area contributed by atoms with Crippen LogP contribution >= 0.6 is 12.4 Å². The number of rotatable bonds is 19. The van der Waals surface area contributed by atoms with Crippen LogP contribution in [0.5, 0.6) is 0 Å². The van der Waals surface area contributed by atoms with Crippen LogP contribution in [0.15, 0.2) is 60.7 Å². The molecule has 0 aliphatic heterocycles. The normalized spacial score (nSPS) is 11.6. The third-order valence-electron chi connectivity index (χ3n) is 7.39. The molecule has 1 unspecified atom stereocenters. The van der Waals surface area contributed by atoms with Crippen molar-refractivity contribution >= 4 is 12.4 Å². The highest BCUT2D eigenvalue weighted by atomic mass is 35.5. The summed E-state index contributed by atoms with van der Waals surface area (Å²) in [5.41, 5.74) is 2.91. The Morgan fingerprint density at radius 2 is 0.972 bits per heavy atom. The van der Waals surface area contributed by atoms with Crippen molar-refractivity contribution < 1.29 is 16.9 Å². The van der Waals surface area contributed by atoms with E-state index in [0.29, 0.717) is 6.04 Å². The van der Waals surface area contributed by atoms with Gasteiger partial charge >= 0.3 is 0 Å². The Balaban J connectivity index is 0. The van der Waals surface area contributed by atoms with Gasteiger partial charge in [-0.1, -0.05) is 145 Å². The number of nitrogens with zero attached hydrogens (tertiary/aromatic N) is 1. The second-order valence-corrected chi connectivity index (χ2v) is 10.7. The molecule has 0 saturated carbocycles. The third kappa shape index (κ3) is 15.9. The maximum Gasteiger partial charge on any atom is 0.118 e. The molecule has 0 heterocycles. The Labute approximate surface area is 236 Å². The lowest BCUT2D eigenvalue weighted by Gasteiger charge is -2.39. The minimum Gasteiger partial charge on any atom is -1.00 e. The number of halogens is 2. The molecule has 2 aromatic rings. The van der Waals surface area contributed by atoms with E-state index in [1.807, 2.05) is 0 Å². The molecule has 0 fully saturated rings. The molecule has 36 heavy (non-hydrogen) atoms. The molecule has 0 saturated heterocycles. The fourth-order valence-corrected chi connectivity index (χ4v) is 5.15. The zero-order valence-electron chi connectivity index (χ0n) is 23.6. The van der Waals surface area contributed by atoms with Crippen molar-refractivity contribution in [3.8, 4) is 0 Å². The SMILES string of the molecule is CCCCCCCCCCCCCCCC[N+](C)(C)C(Cc1ccccc1)c1ccccc1.Cl.N.[Cl-]. The highest BCUT2D eigenvalue weighted by Gasteiger charge is 2.29. The fourth-order valence-electron chi connectivity index (χ4n) is 5.15. The minimum atomic E-state index is 0. The lowest BCUT2D eigenvalue weighted by atomic mass is 9.95. The highest BCUT2D eigenvalue weighted by Crippen LogP contribution is 2.29. The van der Waals surface area contributed by atoms with Crippen molar-refractivity contribution in [2.24, 2.45) is 0 Å². The molecule has 208 valence electrons. The van der Waals surface area contributed by atoms with Gasteiger partial charge in [0.2, 0.25) is 0 Å². The van der Waals surface area contributed by atoms with Crippen LogP contribution in [-0.2, 0) is 6.42 Å². The number of quaternary nitrogens is 1. The molecule has 0 aliphatic carbocycles. The van der Waals surface area contributed by atoms with Gasteiger partial charge in [-0.3, -0.25) is 0 Å². The molecule has 0 spiro atoms. The van der Waals surface area contributed by atoms with E-state index in [0.717, 1.165) is 10.9 Å². The van der Waals surface area contributed by atoms with Crippen LogP contribution in [0.4, 0.5) is 0 Å². The smallest absolute Gasteiger partial charge is 0.118 e. The van der Waals surface area contributed by atoms with Crippen molar-refractivity contribution in [1.82, 2.24) is 6.15 Å². The van der Waals surface area contributed by atoms with E-state index in [4.69, 9.17) is 0 Å². The van der Waals surface area contributed by atoms with Gasteiger partial charge in [0, 0.05) is 12.0 Å². The van der Waals surface area contributed by atoms with Crippen LogP contribution in [0.1, 0.15) is 114 Å². The molecule has 4 heteroatoms. The van der Waals surface area contributed by atoms with Crippen LogP contribution in [0.25, 0.3) is 0 Å². The number of hydrogen-bond donors (Lipinski definition) is 1. The van der Waals surface area contributed by atoms with Crippen LogP contribution < -0.4 is 18.6 Å². The summed E-state index contributed by atoms with van der Waals surface area (Å²) in [7, 11) is 4.87. The maximum atomic E-state index is 2.43. The quantitative estimate of drug-likeness (QED) is 0.150. The summed E-state index contributed by atoms with van der Waals surface area (Å²) in [6, 6.07) is 22.7. The van der Waals surface area contributed by atoms with Gasteiger partial charge < -0.3 is 23.0 Å². The number of benzene rings is 2. The summed E-state index contributed by atoms with van der Waals surface area (Å²) in [5.74, 6) is 0. The monoisotopic (exact) mass is 538 g/mol. The first kappa shape index (κ1) is 37.1. The molecule has 2 nitrogen and oxygen atoms in total. The van der Waals surface area contributed by atoms with E-state index in [-0.39, 0.29) is 31.0 Å². The number of hydrogen-bond acceptors (Lipinski definition) is 1. The molecule has 0 amide bonds. The van der Waals surface area contributed by atoms with Gasteiger partial charge in [0.25, 0.3) is 0 Å². The van der Waals surface area contributed by atoms with Crippen LogP contribution in [0.3, 0.4) is 0 Å². The largest absolute Gasteiger partial charge is 1.00 e. The summed E-state index contributed by atoms with van der Waals surface area (Å²) in [4.78, 5) is 0. The Hall–Kier alpha value is -1.06. The van der Waals surface area contributed by atoms with Gasteiger partial charge in [-0.2, -0.15) is 0 Å². The lowest BCUT2D eigenvalue weighted by molar-refractivity contribution is -0.921. The first-order valence-corrected chi connectivity index (χ1v) is 14.0. The topological polar surface area (TPSA) is 35.0 Å². The Morgan fingerprint density at radius 1 is 0.583 bits per heavy atom. The zero-order chi connectivity index (χ0) is 23.6. The molecular weight excluding hydrogens is 483 g/mol. The second kappa shape index (κ2) is 23.1. The molecule has 0 aromatic heterocycles. The molecule has 2 aromatic carbocycles. The van der Waals surface area contributed by atoms with E-state index < -0.39 is 0 Å². The molecule has 0 aliphatic rings. The molecular formula is C32H56Cl2N2. The van der Waals surface area contributed by atoms with Crippen LogP contribution in [0, 0.1) is 0 Å². The average molecular weight is 540 g/mol. The van der Waals surface area contributed by atoms with E-state index in [1.54, 1.807) is 0 Å². The Kier molecular flexibility index (Phi) is 23.8. The van der Waals surface area contributed by atoms with Gasteiger partial charge in [-0.15, -0.1) is 12.4 Å². The Morgan fingerprint density at radius 3 is 1.42 bits per heavy atom. The molecule has 2 rings (SSSR count). The van der Waals surface area contributed by atoms with Crippen LogP contribution in [0.2, 0.25) is 0 Å². The van der Waals surface area contributed by atoms with Crippen molar-refractivity contribution in [2.45, 2.75) is 109 Å². The summed E-state index contributed by atoms with van der Waals surface area (Å²) in [5, 5.41) is 0. The first-order chi connectivity index (χ1) is 16.1. The molecule has 3 N–H and O–H groups in total. The standard InChI is InChI=1S/C32H52N.2ClH.H3N/c1-4-5-6-7-8-9-10-11-12-13-14-15-16-23-28-33(2,3)32(31-26-21-18-22-27-31)29-30-24-19-17-20-25-30;;;/h17-22,24-27,32H,4-16,23,28-29H2,1-3H3;2*1H;1H3/q+1;;;/p-1. The maximum absolute atomic E-state index is 2.43. The molecule has 1 atom stereocenters. The summed E-state index contributed by atoms with van der Waals surface area (Å²) >= 11 is 0. The summed E-state index contributed by atoms with van der Waals surface area (Å²) < 4.78 is 1.07. The van der Waals surface area contributed by atoms with Gasteiger partial charge in [-0.25, -0.2) is 0 Å². The third-order valence-corrected chi connectivity index (χ3v) is 7.39. The molecule has 0 bridgehead atoms. The summed E-state index contributed by atoms with van der Waals surface area (Å²) in [6.45, 7) is 3.55. The first-order valence-electron chi connectivity index (χ1n) is 14.0. The van der Waals surface area contributed by atoms with E-state index in [1.165, 1.54) is 108 Å². The van der Waals surface area contributed by atoms with Crippen molar-refractivity contribution in [3.63, 3.8) is 0 Å². The van der Waals surface area contributed by atoms with E-state index >= 15 is 0 Å². The summed E-state index contributed by atoms with van der Waals surface area (Å²) in [6.07, 6.45) is 21.1. The number of unbranched alkanes of at least 4 members (excludes halogenated alkanes) is 13. The molecule has 0 radical (unpaired) electrons. The van der Waals surface area contributed by atoms with Gasteiger partial charge in [0.05, 0.1) is 20.6 Å². The highest BCUT2D eigenvalue weighted by molar-refractivity contribution is 5.85. The average Bonchev–Trinajstić information content (AvgIpc) is 2.84. The minimum absolute atomic E-state index is 0. The van der Waals surface area contributed by atoms with Crippen molar-refractivity contribution in [1.29, 1.82) is 0 Å². The van der Waals surface area contributed by atoms with Gasteiger partial charge in [0.15, 0.2) is 0 Å². The predicted molar refractivity (Wildman–Crippen MR) is 159 cm³/mol. The van der Waals surface area contributed by atoms with Crippen LogP contribution in [-0.4, -0.2) is 25.1 Å². The van der Waals surface area contributed by atoms with Gasteiger partial charge in [0.1, 0.15) is 6.04 Å². The van der Waals surface area contributed by atoms with Gasteiger partial charge in [-0.05, 0) is 18.4 Å². The van der Waals surface area contributed by atoms with E-state index in [2.05, 4.69) is 81.7 Å². The van der Waals surface area contributed by atoms with E-state index in [9.17, 15) is 0 Å². The second-order valence-electron chi connectivity index (χ2n) is 10.7. The van der Waals surface area contributed by atoms with Crippen molar-refractivity contribution in [2.75, 3.05) is 20.6 Å². The predicted octanol–water partition coefficient (Wildman–Crippen LogP) is 7.12. The Bertz CT molecular complexity index is 707. The fraction of sp³-hybridized carbons (Fsp3) is 0.625. The number of likely N-dealkylation sites (N-methyl/N-ethyl adjacent to an activating group) is 1. The zero-order valence-corrected chi connectivity index (χ0v) is 25.2. The lowest BCUT2D eigenvalue weighted by Crippen LogP contribution is -3.00.